The molecule has 6 rings (SSSR count). The molecule has 0 unspecified atom stereocenters. The summed E-state index contributed by atoms with van der Waals surface area (Å²) in [6.45, 7) is 1.93. The van der Waals surface area contributed by atoms with Crippen LogP contribution in [-0.2, 0) is 13.1 Å². The Balaban J connectivity index is 1.48. The Morgan fingerprint density at radius 2 is 1.68 bits per heavy atom. The third-order valence-corrected chi connectivity index (χ3v) is 6.27. The van der Waals surface area contributed by atoms with E-state index in [1.54, 1.807) is 0 Å². The van der Waals surface area contributed by atoms with Gasteiger partial charge in [0.05, 0.1) is 5.56 Å². The number of aromatic nitrogens is 1. The van der Waals surface area contributed by atoms with E-state index >= 15 is 0 Å². The van der Waals surface area contributed by atoms with E-state index in [1.807, 2.05) is 0 Å². The van der Waals surface area contributed by atoms with Gasteiger partial charge < -0.3 is 10.3 Å². The minimum Gasteiger partial charge on any atom is -0.367 e. The van der Waals surface area contributed by atoms with Crippen molar-refractivity contribution in [3.05, 3.63) is 11.3 Å². The van der Waals surface area contributed by atoms with Gasteiger partial charge in [-0.1, -0.05) is 5.16 Å². The van der Waals surface area contributed by atoms with Crippen molar-refractivity contribution in [3.8, 4) is 0 Å². The molecule has 4 bridgehead atoms. The van der Waals surface area contributed by atoms with Crippen molar-refractivity contribution in [1.82, 2.24) is 10.1 Å². The number of anilines is 1. The molecule has 102 valence electrons. The van der Waals surface area contributed by atoms with Gasteiger partial charge in [0.15, 0.2) is 0 Å². The van der Waals surface area contributed by atoms with Crippen molar-refractivity contribution in [2.75, 3.05) is 5.73 Å². The smallest absolute Gasteiger partial charge is 0.226 e. The van der Waals surface area contributed by atoms with Crippen LogP contribution < -0.4 is 5.73 Å². The Hall–Kier alpha value is -1.03. The van der Waals surface area contributed by atoms with Crippen LogP contribution in [-0.4, -0.2) is 15.6 Å². The predicted octanol–water partition coefficient (Wildman–Crippen LogP) is 2.54. The lowest BCUT2D eigenvalue weighted by atomic mass is 9.52. The van der Waals surface area contributed by atoms with Crippen molar-refractivity contribution in [2.45, 2.75) is 57.2 Å². The Morgan fingerprint density at radius 3 is 2.26 bits per heavy atom. The fourth-order valence-electron chi connectivity index (χ4n) is 5.87. The number of hydrogen-bond donors (Lipinski definition) is 1. The first kappa shape index (κ1) is 10.7. The molecule has 4 aliphatic carbocycles. The summed E-state index contributed by atoms with van der Waals surface area (Å²) in [4.78, 5) is 2.68. The van der Waals surface area contributed by atoms with E-state index in [1.165, 1.54) is 38.5 Å². The zero-order valence-corrected chi connectivity index (χ0v) is 11.3. The van der Waals surface area contributed by atoms with Gasteiger partial charge in [-0.25, -0.2) is 0 Å². The van der Waals surface area contributed by atoms with E-state index in [0.29, 0.717) is 11.4 Å². The monoisotopic (exact) mass is 259 g/mol. The number of nitrogen functional groups attached to an aromatic ring is 1. The Labute approximate surface area is 113 Å². The van der Waals surface area contributed by atoms with Gasteiger partial charge in [0.2, 0.25) is 5.88 Å². The third-order valence-electron chi connectivity index (χ3n) is 6.27. The van der Waals surface area contributed by atoms with Crippen LogP contribution in [0.4, 0.5) is 5.88 Å². The molecule has 0 saturated heterocycles. The van der Waals surface area contributed by atoms with Crippen molar-refractivity contribution < 1.29 is 4.52 Å². The van der Waals surface area contributed by atoms with Gasteiger partial charge in [-0.2, -0.15) is 0 Å². The first-order valence-corrected chi connectivity index (χ1v) is 7.70. The second kappa shape index (κ2) is 3.35. The molecule has 0 atom stereocenters. The summed E-state index contributed by atoms with van der Waals surface area (Å²) in [5.74, 6) is 3.53. The van der Waals surface area contributed by atoms with Gasteiger partial charge in [0.1, 0.15) is 5.69 Å². The SMILES string of the molecule is Nc1onc2c1CN(C13CC4CC(CC(C4)C1)C3)C2. The van der Waals surface area contributed by atoms with Gasteiger partial charge in [0, 0.05) is 18.6 Å². The highest BCUT2D eigenvalue weighted by Gasteiger charge is 2.54. The van der Waals surface area contributed by atoms with Crippen molar-refractivity contribution in [1.29, 1.82) is 0 Å². The summed E-state index contributed by atoms with van der Waals surface area (Å²) in [6, 6.07) is 0. The molecule has 0 radical (unpaired) electrons. The average Bonchev–Trinajstić information content (AvgIpc) is 2.91. The molecule has 2 N–H and O–H groups in total. The maximum absolute atomic E-state index is 5.89. The molecular weight excluding hydrogens is 238 g/mol. The van der Waals surface area contributed by atoms with Crippen molar-refractivity contribution in [3.63, 3.8) is 0 Å². The lowest BCUT2D eigenvalue weighted by Crippen LogP contribution is -2.58. The van der Waals surface area contributed by atoms with Gasteiger partial charge in [-0.05, 0) is 56.3 Å². The van der Waals surface area contributed by atoms with Crippen LogP contribution in [0.5, 0.6) is 0 Å². The maximum atomic E-state index is 5.89. The molecule has 4 heteroatoms. The number of hydrogen-bond acceptors (Lipinski definition) is 4. The second-order valence-corrected chi connectivity index (χ2v) is 7.47. The van der Waals surface area contributed by atoms with Crippen LogP contribution in [0, 0.1) is 17.8 Å². The largest absolute Gasteiger partial charge is 0.367 e. The van der Waals surface area contributed by atoms with Gasteiger partial charge in [0.25, 0.3) is 0 Å². The van der Waals surface area contributed by atoms with Crippen LogP contribution in [0.1, 0.15) is 49.8 Å². The summed E-state index contributed by atoms with van der Waals surface area (Å²) in [6.07, 6.45) is 8.76. The fraction of sp³-hybridized carbons (Fsp3) is 0.800. The normalized spacial score (nSPS) is 43.9. The topological polar surface area (TPSA) is 55.3 Å². The summed E-state index contributed by atoms with van der Waals surface area (Å²) >= 11 is 0. The summed E-state index contributed by atoms with van der Waals surface area (Å²) in [7, 11) is 0. The molecule has 4 saturated carbocycles. The van der Waals surface area contributed by atoms with E-state index in [9.17, 15) is 0 Å². The van der Waals surface area contributed by atoms with E-state index in [4.69, 9.17) is 10.3 Å². The van der Waals surface area contributed by atoms with E-state index < -0.39 is 0 Å². The molecule has 4 nitrogen and oxygen atoms in total. The highest BCUT2D eigenvalue weighted by Crippen LogP contribution is 2.58. The zero-order valence-electron chi connectivity index (χ0n) is 11.3. The number of rotatable bonds is 1. The molecular formula is C15H21N3O. The average molecular weight is 259 g/mol. The molecule has 0 spiro atoms. The first-order chi connectivity index (χ1) is 9.22. The molecule has 0 aromatic carbocycles. The van der Waals surface area contributed by atoms with Crippen LogP contribution in [0.2, 0.25) is 0 Å². The van der Waals surface area contributed by atoms with Crippen LogP contribution >= 0.6 is 0 Å². The lowest BCUT2D eigenvalue weighted by Gasteiger charge is -2.60. The Kier molecular flexibility index (Phi) is 1.89. The zero-order chi connectivity index (χ0) is 12.6. The summed E-state index contributed by atoms with van der Waals surface area (Å²) in [5.41, 5.74) is 8.61. The van der Waals surface area contributed by atoms with E-state index in [2.05, 4.69) is 10.1 Å². The lowest BCUT2D eigenvalue weighted by molar-refractivity contribution is -0.0921. The molecule has 1 aromatic rings. The quantitative estimate of drug-likeness (QED) is 0.842. The summed E-state index contributed by atoms with van der Waals surface area (Å²) < 4.78 is 5.11. The van der Waals surface area contributed by atoms with Crippen LogP contribution in [0.25, 0.3) is 0 Å². The summed E-state index contributed by atoms with van der Waals surface area (Å²) in [5, 5.41) is 4.13. The minimum absolute atomic E-state index is 0.467. The maximum Gasteiger partial charge on any atom is 0.226 e. The first-order valence-electron chi connectivity index (χ1n) is 7.70. The van der Waals surface area contributed by atoms with Crippen LogP contribution in [0.15, 0.2) is 4.52 Å². The third kappa shape index (κ3) is 1.36. The highest BCUT2D eigenvalue weighted by molar-refractivity contribution is 5.41. The van der Waals surface area contributed by atoms with Crippen molar-refractivity contribution in [2.24, 2.45) is 17.8 Å². The molecule has 4 fully saturated rings. The Morgan fingerprint density at radius 1 is 1.05 bits per heavy atom. The predicted molar refractivity (Wildman–Crippen MR) is 71.1 cm³/mol. The molecule has 19 heavy (non-hydrogen) atoms. The second-order valence-electron chi connectivity index (χ2n) is 7.47. The van der Waals surface area contributed by atoms with Crippen molar-refractivity contribution >= 4 is 5.88 Å². The standard InChI is InChI=1S/C15H21N3O/c16-14-12-7-18(8-13(12)17-19-14)15-4-9-1-10(5-15)3-11(2-9)6-15/h9-11H,1-8,16H2. The van der Waals surface area contributed by atoms with E-state index in [-0.39, 0.29) is 0 Å². The molecule has 2 heterocycles. The number of nitrogens with zero attached hydrogens (tertiary/aromatic N) is 2. The number of fused-ring (bicyclic) bond motifs is 1. The molecule has 5 aliphatic rings. The van der Waals surface area contributed by atoms with E-state index in [0.717, 1.165) is 42.1 Å². The van der Waals surface area contributed by atoms with Gasteiger partial charge >= 0.3 is 0 Å². The fourth-order valence-corrected chi connectivity index (χ4v) is 5.87. The van der Waals surface area contributed by atoms with Gasteiger partial charge in [-0.15, -0.1) is 0 Å². The molecule has 1 aromatic heterocycles. The van der Waals surface area contributed by atoms with Gasteiger partial charge in [-0.3, -0.25) is 4.90 Å². The van der Waals surface area contributed by atoms with Crippen LogP contribution in [0.3, 0.4) is 0 Å². The molecule has 0 amide bonds. The molecule has 1 aliphatic heterocycles. The highest BCUT2D eigenvalue weighted by atomic mass is 16.5. The minimum atomic E-state index is 0.467. The number of nitrogens with two attached hydrogens (primary N) is 1. The Bertz CT molecular complexity index is 500.